The third-order valence-electron chi connectivity index (χ3n) is 5.23. The molecule has 0 aliphatic heterocycles. The van der Waals surface area contributed by atoms with Gasteiger partial charge in [0.15, 0.2) is 5.65 Å². The summed E-state index contributed by atoms with van der Waals surface area (Å²) in [5.41, 5.74) is 4.82. The molecule has 1 aliphatic carbocycles. The Hall–Kier alpha value is -2.87. The molecule has 1 saturated carbocycles. The minimum atomic E-state index is -0.0528. The number of nitrogens with zero attached hydrogens (tertiary/aromatic N) is 5. The fourth-order valence-electron chi connectivity index (χ4n) is 3.54. The first-order valence-corrected chi connectivity index (χ1v) is 10.3. The van der Waals surface area contributed by atoms with E-state index in [9.17, 15) is 4.79 Å². The van der Waals surface area contributed by atoms with Crippen LogP contribution in [0.15, 0.2) is 24.3 Å². The van der Waals surface area contributed by atoms with Crippen LogP contribution >= 0.6 is 11.3 Å². The van der Waals surface area contributed by atoms with Gasteiger partial charge in [0.1, 0.15) is 5.01 Å². The van der Waals surface area contributed by atoms with E-state index in [4.69, 9.17) is 4.98 Å². The molecule has 7 nitrogen and oxygen atoms in total. The SMILES string of the molecule is Cc1nc2c3ccccc3nn2c(C)c1CCC(=O)Nc1nnc(C2CC2)s1. The van der Waals surface area contributed by atoms with Crippen molar-refractivity contribution < 1.29 is 4.79 Å². The van der Waals surface area contributed by atoms with E-state index >= 15 is 0 Å². The summed E-state index contributed by atoms with van der Waals surface area (Å²) in [5.74, 6) is 0.499. The number of aryl methyl sites for hydroxylation is 2. The maximum absolute atomic E-state index is 12.4. The number of carbonyl (C=O) groups excluding carboxylic acids is 1. The molecule has 0 radical (unpaired) electrons. The summed E-state index contributed by atoms with van der Waals surface area (Å²) in [4.78, 5) is 17.2. The lowest BCUT2D eigenvalue weighted by molar-refractivity contribution is -0.116. The molecule has 8 heteroatoms. The Balaban J connectivity index is 1.35. The maximum atomic E-state index is 12.4. The molecule has 1 aromatic carbocycles. The van der Waals surface area contributed by atoms with Crippen molar-refractivity contribution in [2.45, 2.75) is 45.4 Å². The zero-order chi connectivity index (χ0) is 19.3. The van der Waals surface area contributed by atoms with Crippen LogP contribution in [0.3, 0.4) is 0 Å². The number of benzene rings is 1. The largest absolute Gasteiger partial charge is 0.301 e. The van der Waals surface area contributed by atoms with Gasteiger partial charge >= 0.3 is 0 Å². The number of nitrogens with one attached hydrogen (secondary N) is 1. The lowest BCUT2D eigenvalue weighted by atomic mass is 10.1. The zero-order valence-corrected chi connectivity index (χ0v) is 16.6. The molecule has 4 aromatic rings. The molecule has 0 atom stereocenters. The molecule has 1 fully saturated rings. The second-order valence-corrected chi connectivity index (χ2v) is 8.29. The third kappa shape index (κ3) is 3.03. The van der Waals surface area contributed by atoms with Crippen LogP contribution < -0.4 is 5.32 Å². The summed E-state index contributed by atoms with van der Waals surface area (Å²) < 4.78 is 1.89. The minimum absolute atomic E-state index is 0.0528. The van der Waals surface area contributed by atoms with Crippen LogP contribution in [0.4, 0.5) is 5.13 Å². The van der Waals surface area contributed by atoms with E-state index in [1.165, 1.54) is 24.2 Å². The van der Waals surface area contributed by atoms with Crippen LogP contribution in [0.2, 0.25) is 0 Å². The standard InChI is InChI=1S/C20H20N6OS/c1-11-14(9-10-17(27)22-20-24-23-19(28-20)13-7-8-13)12(2)26-18(21-11)15-5-3-4-6-16(15)25-26/h3-6,13H,7-10H2,1-2H3,(H,22,24,27). The first-order valence-electron chi connectivity index (χ1n) is 9.47. The number of aromatic nitrogens is 5. The van der Waals surface area contributed by atoms with Crippen molar-refractivity contribution in [2.24, 2.45) is 0 Å². The Morgan fingerprint density at radius 3 is 2.89 bits per heavy atom. The van der Waals surface area contributed by atoms with Crippen molar-refractivity contribution in [1.29, 1.82) is 0 Å². The maximum Gasteiger partial charge on any atom is 0.226 e. The highest BCUT2D eigenvalue weighted by Gasteiger charge is 2.27. The molecule has 3 heterocycles. The molecule has 0 unspecified atom stereocenters. The van der Waals surface area contributed by atoms with Gasteiger partial charge in [0.2, 0.25) is 11.0 Å². The highest BCUT2D eigenvalue weighted by molar-refractivity contribution is 7.15. The van der Waals surface area contributed by atoms with Crippen molar-refractivity contribution in [3.8, 4) is 0 Å². The van der Waals surface area contributed by atoms with Gasteiger partial charge in [-0.15, -0.1) is 10.2 Å². The lowest BCUT2D eigenvalue weighted by Crippen LogP contribution is -2.14. The second kappa shape index (κ2) is 6.63. The first-order chi connectivity index (χ1) is 13.6. The van der Waals surface area contributed by atoms with Crippen molar-refractivity contribution in [2.75, 3.05) is 5.32 Å². The Labute approximate surface area is 165 Å². The monoisotopic (exact) mass is 392 g/mol. The number of rotatable bonds is 5. The van der Waals surface area contributed by atoms with Gasteiger partial charge in [0.25, 0.3) is 0 Å². The van der Waals surface area contributed by atoms with Gasteiger partial charge in [-0.3, -0.25) is 4.79 Å². The van der Waals surface area contributed by atoms with Gasteiger partial charge in [0, 0.05) is 29.1 Å². The molecule has 1 N–H and O–H groups in total. The van der Waals surface area contributed by atoms with Crippen molar-refractivity contribution in [1.82, 2.24) is 24.8 Å². The third-order valence-corrected chi connectivity index (χ3v) is 6.23. The normalized spacial score (nSPS) is 14.1. The van der Waals surface area contributed by atoms with E-state index in [1.807, 2.05) is 42.6 Å². The van der Waals surface area contributed by atoms with Gasteiger partial charge in [-0.1, -0.05) is 23.5 Å². The van der Waals surface area contributed by atoms with E-state index in [1.54, 1.807) is 0 Å². The van der Waals surface area contributed by atoms with Crippen molar-refractivity contribution >= 4 is 38.9 Å². The van der Waals surface area contributed by atoms with Gasteiger partial charge in [0.05, 0.1) is 5.52 Å². The number of anilines is 1. The second-order valence-electron chi connectivity index (χ2n) is 7.28. The topological polar surface area (TPSA) is 85.1 Å². The summed E-state index contributed by atoms with van der Waals surface area (Å²) in [6, 6.07) is 8.00. The zero-order valence-electron chi connectivity index (χ0n) is 15.8. The molecule has 5 rings (SSSR count). The number of carbonyl (C=O) groups is 1. The minimum Gasteiger partial charge on any atom is -0.301 e. The van der Waals surface area contributed by atoms with E-state index < -0.39 is 0 Å². The smallest absolute Gasteiger partial charge is 0.226 e. The van der Waals surface area contributed by atoms with Crippen LogP contribution in [-0.4, -0.2) is 30.7 Å². The lowest BCUT2D eigenvalue weighted by Gasteiger charge is -2.10. The molecule has 0 spiro atoms. The van der Waals surface area contributed by atoms with Gasteiger partial charge in [-0.25, -0.2) is 9.50 Å². The molecule has 1 amide bonds. The quantitative estimate of drug-likeness (QED) is 0.558. The Morgan fingerprint density at radius 1 is 1.25 bits per heavy atom. The average Bonchev–Trinajstić information content (AvgIpc) is 3.32. The van der Waals surface area contributed by atoms with Crippen LogP contribution in [0.5, 0.6) is 0 Å². The summed E-state index contributed by atoms with van der Waals surface area (Å²) >= 11 is 1.48. The van der Waals surface area contributed by atoms with E-state index in [0.29, 0.717) is 23.9 Å². The number of hydrogen-bond donors (Lipinski definition) is 1. The Bertz CT molecular complexity index is 1210. The van der Waals surface area contributed by atoms with E-state index in [0.717, 1.165) is 38.5 Å². The Morgan fingerprint density at radius 2 is 2.07 bits per heavy atom. The van der Waals surface area contributed by atoms with Crippen LogP contribution in [0.25, 0.3) is 16.6 Å². The fourth-order valence-corrected chi connectivity index (χ4v) is 4.47. The summed E-state index contributed by atoms with van der Waals surface area (Å²) in [7, 11) is 0. The van der Waals surface area contributed by atoms with E-state index in [-0.39, 0.29) is 5.91 Å². The summed E-state index contributed by atoms with van der Waals surface area (Å²) in [6.07, 6.45) is 3.34. The first kappa shape index (κ1) is 17.2. The van der Waals surface area contributed by atoms with Crippen molar-refractivity contribution in [3.63, 3.8) is 0 Å². The molecular weight excluding hydrogens is 372 g/mol. The molecule has 3 aromatic heterocycles. The fraction of sp³-hybridized carbons (Fsp3) is 0.350. The molecule has 0 bridgehead atoms. The van der Waals surface area contributed by atoms with Crippen LogP contribution in [-0.2, 0) is 11.2 Å². The number of hydrogen-bond acceptors (Lipinski definition) is 6. The van der Waals surface area contributed by atoms with E-state index in [2.05, 4.69) is 20.6 Å². The predicted octanol–water partition coefficient (Wildman–Crippen LogP) is 3.80. The number of fused-ring (bicyclic) bond motifs is 3. The van der Waals surface area contributed by atoms with Crippen LogP contribution in [0.1, 0.15) is 47.1 Å². The molecule has 0 saturated heterocycles. The van der Waals surface area contributed by atoms with Gasteiger partial charge in [-0.05, 0) is 50.8 Å². The molecule has 28 heavy (non-hydrogen) atoms. The van der Waals surface area contributed by atoms with Gasteiger partial charge < -0.3 is 5.32 Å². The predicted molar refractivity (Wildman–Crippen MR) is 109 cm³/mol. The van der Waals surface area contributed by atoms with Gasteiger partial charge in [-0.2, -0.15) is 5.10 Å². The summed E-state index contributed by atoms with van der Waals surface area (Å²) in [5, 5.41) is 18.5. The Kier molecular flexibility index (Phi) is 4.08. The highest BCUT2D eigenvalue weighted by atomic mass is 32.1. The average molecular weight is 392 g/mol. The summed E-state index contributed by atoms with van der Waals surface area (Å²) in [6.45, 7) is 4.03. The molecular formula is C20H20N6OS. The number of amides is 1. The highest BCUT2D eigenvalue weighted by Crippen LogP contribution is 2.42. The van der Waals surface area contributed by atoms with Crippen molar-refractivity contribution in [3.05, 3.63) is 46.2 Å². The molecule has 1 aliphatic rings. The molecule has 142 valence electrons. The van der Waals surface area contributed by atoms with Crippen LogP contribution in [0, 0.1) is 13.8 Å².